The first kappa shape index (κ1) is 20.2. The van der Waals surface area contributed by atoms with Gasteiger partial charge in [-0.25, -0.2) is 0 Å². The van der Waals surface area contributed by atoms with Gasteiger partial charge < -0.3 is 4.57 Å². The Morgan fingerprint density at radius 1 is 0.688 bits per heavy atom. The minimum absolute atomic E-state index is 0.217. The number of benzene rings is 4. The predicted octanol–water partition coefficient (Wildman–Crippen LogP) is 7.81. The van der Waals surface area contributed by atoms with E-state index < -0.39 is 0 Å². The molecule has 1 aromatic heterocycles. The van der Waals surface area contributed by atoms with E-state index in [1.54, 1.807) is 0 Å². The van der Waals surface area contributed by atoms with Gasteiger partial charge in [-0.15, -0.1) is 0 Å². The molecule has 5 aromatic rings. The van der Waals surface area contributed by atoms with Crippen LogP contribution in [0.3, 0.4) is 0 Å². The van der Waals surface area contributed by atoms with Gasteiger partial charge in [-0.1, -0.05) is 89.4 Å². The van der Waals surface area contributed by atoms with Gasteiger partial charge in [0.25, 0.3) is 0 Å². The zero-order chi connectivity index (χ0) is 22.4. The van der Waals surface area contributed by atoms with Crippen LogP contribution in [0.1, 0.15) is 16.7 Å². The Kier molecular flexibility index (Phi) is 4.87. The van der Waals surface area contributed by atoms with E-state index in [4.69, 9.17) is 23.2 Å². The largest absolute Gasteiger partial charge is 0.307 e. The third kappa shape index (κ3) is 2.88. The molecule has 3 nitrogen and oxygen atoms in total. The molecule has 5 heteroatoms. The molecule has 0 atom stereocenters. The van der Waals surface area contributed by atoms with Crippen molar-refractivity contribution in [2.45, 2.75) is 6.92 Å². The number of hydrogen-bond donors (Lipinski definition) is 0. The normalized spacial score (nSPS) is 10.9. The molecule has 152 valence electrons. The summed E-state index contributed by atoms with van der Waals surface area (Å²) in [5.41, 5.74) is 4.92. The standard InChI is InChI=1S/C27H15Cl2N3/c1-16-10-12-17(13-11-16)24-25(28)20(14-30)27(21(15-31)26(24)29)32-22-8-4-2-6-18(22)19-7-3-5-9-23(19)32/h2-13H,1H3. The van der Waals surface area contributed by atoms with E-state index in [0.29, 0.717) is 11.3 Å². The highest BCUT2D eigenvalue weighted by Crippen LogP contribution is 2.45. The average Bonchev–Trinajstić information content (AvgIpc) is 3.14. The highest BCUT2D eigenvalue weighted by atomic mass is 35.5. The monoisotopic (exact) mass is 451 g/mol. The fourth-order valence-electron chi connectivity index (χ4n) is 4.24. The van der Waals surface area contributed by atoms with Gasteiger partial charge in [0, 0.05) is 16.3 Å². The molecule has 0 amide bonds. The van der Waals surface area contributed by atoms with Crippen LogP contribution in [0.2, 0.25) is 10.0 Å². The number of para-hydroxylation sites is 2. The molecule has 4 aromatic carbocycles. The van der Waals surface area contributed by atoms with Crippen molar-refractivity contribution in [1.29, 1.82) is 10.5 Å². The van der Waals surface area contributed by atoms with Crippen LogP contribution in [0, 0.1) is 29.6 Å². The summed E-state index contributed by atoms with van der Waals surface area (Å²) in [7, 11) is 0. The number of fused-ring (bicyclic) bond motifs is 3. The fraction of sp³-hybridized carbons (Fsp3) is 0.0370. The van der Waals surface area contributed by atoms with Crippen molar-refractivity contribution in [3.8, 4) is 29.0 Å². The summed E-state index contributed by atoms with van der Waals surface area (Å²) in [6, 6.07) is 27.9. The lowest BCUT2D eigenvalue weighted by Gasteiger charge is -2.18. The summed E-state index contributed by atoms with van der Waals surface area (Å²) >= 11 is 13.6. The Morgan fingerprint density at radius 2 is 1.16 bits per heavy atom. The third-order valence-electron chi connectivity index (χ3n) is 5.72. The molecule has 1 heterocycles. The second-order valence-electron chi connectivity index (χ2n) is 7.56. The third-order valence-corrected chi connectivity index (χ3v) is 6.48. The lowest BCUT2D eigenvalue weighted by molar-refractivity contribution is 1.16. The number of nitriles is 2. The van der Waals surface area contributed by atoms with E-state index in [2.05, 4.69) is 12.1 Å². The summed E-state index contributed by atoms with van der Waals surface area (Å²) in [5.74, 6) is 0. The molecule has 5 rings (SSSR count). The van der Waals surface area contributed by atoms with Gasteiger partial charge >= 0.3 is 0 Å². The summed E-state index contributed by atoms with van der Waals surface area (Å²) in [6.07, 6.45) is 0. The SMILES string of the molecule is Cc1ccc(-c2c(Cl)c(C#N)c(-n3c4ccccc4c4ccccc43)c(C#N)c2Cl)cc1. The Hall–Kier alpha value is -3.76. The number of hydrogen-bond acceptors (Lipinski definition) is 2. The molecule has 0 fully saturated rings. The van der Waals surface area contributed by atoms with E-state index in [1.165, 1.54) is 0 Å². The Labute approximate surface area is 195 Å². The summed E-state index contributed by atoms with van der Waals surface area (Å²) < 4.78 is 1.92. The number of rotatable bonds is 2. The van der Waals surface area contributed by atoms with Gasteiger partial charge in [0.2, 0.25) is 0 Å². The molecule has 0 bridgehead atoms. The zero-order valence-electron chi connectivity index (χ0n) is 17.0. The molecular formula is C27H15Cl2N3. The van der Waals surface area contributed by atoms with Crippen LogP contribution in [-0.2, 0) is 0 Å². The maximum absolute atomic E-state index is 10.2. The van der Waals surface area contributed by atoms with Crippen molar-refractivity contribution in [2.24, 2.45) is 0 Å². The first-order valence-electron chi connectivity index (χ1n) is 9.97. The highest BCUT2D eigenvalue weighted by Gasteiger charge is 2.26. The quantitative estimate of drug-likeness (QED) is 0.274. The fourth-order valence-corrected chi connectivity index (χ4v) is 4.96. The first-order chi connectivity index (χ1) is 15.6. The summed E-state index contributed by atoms with van der Waals surface area (Å²) in [6.45, 7) is 1.99. The van der Waals surface area contributed by atoms with Crippen LogP contribution >= 0.6 is 23.2 Å². The molecule has 0 saturated heterocycles. The van der Waals surface area contributed by atoms with E-state index >= 15 is 0 Å². The van der Waals surface area contributed by atoms with Crippen molar-refractivity contribution in [3.63, 3.8) is 0 Å². The predicted molar refractivity (Wildman–Crippen MR) is 130 cm³/mol. The molecule has 0 radical (unpaired) electrons. The van der Waals surface area contributed by atoms with Crippen molar-refractivity contribution < 1.29 is 0 Å². The smallest absolute Gasteiger partial charge is 0.103 e. The van der Waals surface area contributed by atoms with Crippen molar-refractivity contribution >= 4 is 45.0 Å². The molecule has 0 aliphatic carbocycles. The van der Waals surface area contributed by atoms with Crippen molar-refractivity contribution in [3.05, 3.63) is 99.5 Å². The van der Waals surface area contributed by atoms with Gasteiger partial charge in [0.05, 0.1) is 37.9 Å². The molecule has 32 heavy (non-hydrogen) atoms. The number of aromatic nitrogens is 1. The van der Waals surface area contributed by atoms with Crippen LogP contribution in [0.15, 0.2) is 72.8 Å². The average molecular weight is 452 g/mol. The molecule has 0 aliphatic rings. The minimum atomic E-state index is 0.217. The second kappa shape index (κ2) is 7.74. The first-order valence-corrected chi connectivity index (χ1v) is 10.7. The lowest BCUT2D eigenvalue weighted by atomic mass is 9.97. The van der Waals surface area contributed by atoms with Crippen LogP contribution in [0.5, 0.6) is 0 Å². The van der Waals surface area contributed by atoms with Crippen LogP contribution < -0.4 is 0 Å². The van der Waals surface area contributed by atoms with Crippen LogP contribution in [0.4, 0.5) is 0 Å². The summed E-state index contributed by atoms with van der Waals surface area (Å²) in [5, 5.41) is 22.8. The highest BCUT2D eigenvalue weighted by molar-refractivity contribution is 6.41. The van der Waals surface area contributed by atoms with E-state index in [0.717, 1.165) is 32.9 Å². The van der Waals surface area contributed by atoms with Gasteiger partial charge in [0.1, 0.15) is 12.1 Å². The summed E-state index contributed by atoms with van der Waals surface area (Å²) in [4.78, 5) is 0. The number of aryl methyl sites for hydroxylation is 1. The van der Waals surface area contributed by atoms with Crippen LogP contribution in [-0.4, -0.2) is 4.57 Å². The van der Waals surface area contributed by atoms with Crippen molar-refractivity contribution in [2.75, 3.05) is 0 Å². The maximum atomic E-state index is 10.2. The molecule has 0 N–H and O–H groups in total. The van der Waals surface area contributed by atoms with Gasteiger partial charge in [-0.3, -0.25) is 0 Å². The number of halogens is 2. The Bertz CT molecular complexity index is 1520. The number of nitrogens with zero attached hydrogens (tertiary/aromatic N) is 3. The molecule has 0 unspecified atom stereocenters. The zero-order valence-corrected chi connectivity index (χ0v) is 18.5. The van der Waals surface area contributed by atoms with E-state index in [9.17, 15) is 10.5 Å². The van der Waals surface area contributed by atoms with Gasteiger partial charge in [0.15, 0.2) is 0 Å². The minimum Gasteiger partial charge on any atom is -0.307 e. The van der Waals surface area contributed by atoms with Gasteiger partial charge in [-0.2, -0.15) is 10.5 Å². The molecular weight excluding hydrogens is 437 g/mol. The Balaban J connectivity index is 1.97. The van der Waals surface area contributed by atoms with Crippen molar-refractivity contribution in [1.82, 2.24) is 4.57 Å². The topological polar surface area (TPSA) is 52.5 Å². The Morgan fingerprint density at radius 3 is 1.62 bits per heavy atom. The van der Waals surface area contributed by atoms with E-state index in [-0.39, 0.29) is 21.2 Å². The molecule has 0 saturated carbocycles. The molecule has 0 spiro atoms. The van der Waals surface area contributed by atoms with E-state index in [1.807, 2.05) is 84.3 Å². The van der Waals surface area contributed by atoms with Crippen LogP contribution in [0.25, 0.3) is 38.6 Å². The van der Waals surface area contributed by atoms with Gasteiger partial charge in [-0.05, 0) is 24.6 Å². The molecule has 0 aliphatic heterocycles. The lowest BCUT2D eigenvalue weighted by Crippen LogP contribution is -2.04. The maximum Gasteiger partial charge on any atom is 0.103 e. The second-order valence-corrected chi connectivity index (χ2v) is 8.32.